The maximum Gasteiger partial charge on any atom is 0.336 e. The first-order valence-corrected chi connectivity index (χ1v) is 6.69. The number of fused-ring (bicyclic) bond motifs is 1. The van der Waals surface area contributed by atoms with Crippen molar-refractivity contribution < 1.29 is 19.1 Å². The molecule has 0 spiro atoms. The average Bonchev–Trinajstić information content (AvgIpc) is 2.37. The van der Waals surface area contributed by atoms with Crippen LogP contribution in [0.2, 0.25) is 5.02 Å². The molecule has 0 radical (unpaired) electrons. The number of aryl methyl sites for hydroxylation is 1. The third-order valence-electron chi connectivity index (χ3n) is 3.17. The van der Waals surface area contributed by atoms with Gasteiger partial charge in [-0.15, -0.1) is 0 Å². The van der Waals surface area contributed by atoms with E-state index in [0.717, 1.165) is 5.56 Å². The predicted molar refractivity (Wildman–Crippen MR) is 79.1 cm³/mol. The molecule has 1 aromatic carbocycles. The van der Waals surface area contributed by atoms with Crippen LogP contribution in [0.5, 0.6) is 5.75 Å². The van der Waals surface area contributed by atoms with Gasteiger partial charge < -0.3 is 14.3 Å². The fourth-order valence-corrected chi connectivity index (χ4v) is 1.97. The van der Waals surface area contributed by atoms with Gasteiger partial charge >= 0.3 is 11.6 Å². The van der Waals surface area contributed by atoms with Crippen LogP contribution < -0.4 is 10.4 Å². The standard InChI is InChI=1S/C15H15ClO5/c1-8-4-13(17)21-11-6-12(10(16)5-9(8)11)20-7-15(2,3)14(18)19/h4-6H,7H2,1-3H3,(H,18,19). The van der Waals surface area contributed by atoms with E-state index in [2.05, 4.69) is 0 Å². The van der Waals surface area contributed by atoms with Crippen LogP contribution in [0.3, 0.4) is 0 Å². The Morgan fingerprint density at radius 2 is 2.05 bits per heavy atom. The molecule has 5 nitrogen and oxygen atoms in total. The second-order valence-corrected chi connectivity index (χ2v) is 5.91. The van der Waals surface area contributed by atoms with Crippen molar-refractivity contribution in [2.45, 2.75) is 20.8 Å². The lowest BCUT2D eigenvalue weighted by Gasteiger charge is -2.20. The molecular formula is C15H15ClO5. The number of hydrogen-bond acceptors (Lipinski definition) is 4. The molecule has 0 atom stereocenters. The number of carbonyl (C=O) groups is 1. The van der Waals surface area contributed by atoms with Crippen LogP contribution in [0.4, 0.5) is 0 Å². The van der Waals surface area contributed by atoms with Crippen molar-refractivity contribution in [1.82, 2.24) is 0 Å². The Hall–Kier alpha value is -2.01. The maximum absolute atomic E-state index is 11.4. The number of rotatable bonds is 4. The summed E-state index contributed by atoms with van der Waals surface area (Å²) >= 11 is 6.13. The molecule has 6 heteroatoms. The number of aliphatic carboxylic acids is 1. The van der Waals surface area contributed by atoms with Gasteiger partial charge in [-0.1, -0.05) is 11.6 Å². The molecule has 2 rings (SSSR count). The predicted octanol–water partition coefficient (Wildman–Crippen LogP) is 3.24. The first kappa shape index (κ1) is 15.4. The molecule has 21 heavy (non-hydrogen) atoms. The van der Waals surface area contributed by atoms with E-state index < -0.39 is 17.0 Å². The third-order valence-corrected chi connectivity index (χ3v) is 3.47. The molecule has 0 aliphatic carbocycles. The Labute approximate surface area is 126 Å². The van der Waals surface area contributed by atoms with E-state index >= 15 is 0 Å². The van der Waals surface area contributed by atoms with Gasteiger partial charge in [-0.3, -0.25) is 4.79 Å². The van der Waals surface area contributed by atoms with Crippen LogP contribution in [0.25, 0.3) is 11.0 Å². The Morgan fingerprint density at radius 1 is 1.38 bits per heavy atom. The van der Waals surface area contributed by atoms with Crippen molar-refractivity contribution in [2.24, 2.45) is 5.41 Å². The Bertz CT molecular complexity index is 760. The highest BCUT2D eigenvalue weighted by molar-refractivity contribution is 6.32. The summed E-state index contributed by atoms with van der Waals surface area (Å²) in [7, 11) is 0. The van der Waals surface area contributed by atoms with Gasteiger partial charge in [0, 0.05) is 17.5 Å². The van der Waals surface area contributed by atoms with Gasteiger partial charge in [-0.05, 0) is 32.4 Å². The molecule has 0 saturated carbocycles. The molecule has 0 bridgehead atoms. The monoisotopic (exact) mass is 310 g/mol. The van der Waals surface area contributed by atoms with Gasteiger partial charge in [0.15, 0.2) is 0 Å². The molecule has 1 aromatic heterocycles. The highest BCUT2D eigenvalue weighted by atomic mass is 35.5. The average molecular weight is 311 g/mol. The molecule has 0 unspecified atom stereocenters. The second-order valence-electron chi connectivity index (χ2n) is 5.50. The molecule has 112 valence electrons. The van der Waals surface area contributed by atoms with E-state index in [1.807, 2.05) is 0 Å². The minimum absolute atomic E-state index is 0.0520. The fourth-order valence-electron chi connectivity index (χ4n) is 1.75. The molecular weight excluding hydrogens is 296 g/mol. The molecule has 2 aromatic rings. The van der Waals surface area contributed by atoms with E-state index in [9.17, 15) is 9.59 Å². The Morgan fingerprint density at radius 3 is 2.67 bits per heavy atom. The highest BCUT2D eigenvalue weighted by Crippen LogP contribution is 2.32. The molecule has 0 amide bonds. The van der Waals surface area contributed by atoms with Crippen LogP contribution in [0.15, 0.2) is 27.4 Å². The Kier molecular flexibility index (Phi) is 3.96. The van der Waals surface area contributed by atoms with Crippen LogP contribution in [0, 0.1) is 12.3 Å². The molecule has 0 fully saturated rings. The van der Waals surface area contributed by atoms with Crippen molar-refractivity contribution in [1.29, 1.82) is 0 Å². The van der Waals surface area contributed by atoms with Gasteiger partial charge in [0.25, 0.3) is 0 Å². The zero-order valence-corrected chi connectivity index (χ0v) is 12.7. The quantitative estimate of drug-likeness (QED) is 0.877. The third kappa shape index (κ3) is 3.19. The molecule has 1 heterocycles. The largest absolute Gasteiger partial charge is 0.491 e. The summed E-state index contributed by atoms with van der Waals surface area (Å²) in [5.41, 5.74) is -0.404. The van der Waals surface area contributed by atoms with Gasteiger partial charge in [-0.2, -0.15) is 0 Å². The van der Waals surface area contributed by atoms with E-state index in [1.54, 1.807) is 26.8 Å². The number of benzene rings is 1. The van der Waals surface area contributed by atoms with Crippen molar-refractivity contribution in [2.75, 3.05) is 6.61 Å². The molecule has 0 aliphatic rings. The molecule has 0 saturated heterocycles. The highest BCUT2D eigenvalue weighted by Gasteiger charge is 2.28. The summed E-state index contributed by atoms with van der Waals surface area (Å²) < 4.78 is 10.6. The summed E-state index contributed by atoms with van der Waals surface area (Å²) in [6.45, 7) is 4.83. The van der Waals surface area contributed by atoms with E-state index in [-0.39, 0.29) is 12.4 Å². The van der Waals surface area contributed by atoms with E-state index in [0.29, 0.717) is 16.0 Å². The van der Waals surface area contributed by atoms with Crippen LogP contribution in [0.1, 0.15) is 19.4 Å². The van der Waals surface area contributed by atoms with Gasteiger partial charge in [0.05, 0.1) is 10.4 Å². The minimum Gasteiger partial charge on any atom is -0.491 e. The number of carboxylic acid groups (broad SMARTS) is 1. The van der Waals surface area contributed by atoms with Crippen molar-refractivity contribution >= 4 is 28.5 Å². The van der Waals surface area contributed by atoms with Crippen LogP contribution >= 0.6 is 11.6 Å². The zero-order valence-electron chi connectivity index (χ0n) is 11.9. The van der Waals surface area contributed by atoms with Crippen LogP contribution in [-0.4, -0.2) is 17.7 Å². The number of ether oxygens (including phenoxy) is 1. The van der Waals surface area contributed by atoms with Crippen LogP contribution in [-0.2, 0) is 4.79 Å². The summed E-state index contributed by atoms with van der Waals surface area (Å²) in [6, 6.07) is 4.52. The van der Waals surface area contributed by atoms with E-state index in [4.69, 9.17) is 25.9 Å². The summed E-state index contributed by atoms with van der Waals surface area (Å²) in [5.74, 6) is -0.686. The topological polar surface area (TPSA) is 76.7 Å². The van der Waals surface area contributed by atoms with Gasteiger partial charge in [-0.25, -0.2) is 4.79 Å². The number of carboxylic acids is 1. The lowest BCUT2D eigenvalue weighted by atomic mass is 9.95. The zero-order chi connectivity index (χ0) is 15.8. The molecule has 0 aliphatic heterocycles. The first-order valence-electron chi connectivity index (χ1n) is 6.31. The fraction of sp³-hybridized carbons (Fsp3) is 0.333. The number of hydrogen-bond donors (Lipinski definition) is 1. The van der Waals surface area contributed by atoms with Crippen molar-refractivity contribution in [3.63, 3.8) is 0 Å². The number of halogens is 1. The lowest BCUT2D eigenvalue weighted by Crippen LogP contribution is -2.30. The minimum atomic E-state index is -1.05. The summed E-state index contributed by atoms with van der Waals surface area (Å²) in [4.78, 5) is 22.4. The Balaban J connectivity index is 2.39. The van der Waals surface area contributed by atoms with Crippen molar-refractivity contribution in [3.05, 3.63) is 39.2 Å². The van der Waals surface area contributed by atoms with Crippen molar-refractivity contribution in [3.8, 4) is 5.75 Å². The molecule has 1 N–H and O–H groups in total. The summed E-state index contributed by atoms with van der Waals surface area (Å²) in [5, 5.41) is 10.1. The van der Waals surface area contributed by atoms with Gasteiger partial charge in [0.1, 0.15) is 17.9 Å². The van der Waals surface area contributed by atoms with Gasteiger partial charge in [0.2, 0.25) is 0 Å². The SMILES string of the molecule is Cc1cc(=O)oc2cc(OCC(C)(C)C(=O)O)c(Cl)cc12. The maximum atomic E-state index is 11.4. The summed E-state index contributed by atoms with van der Waals surface area (Å²) in [6.07, 6.45) is 0. The first-order chi connectivity index (χ1) is 9.70. The normalized spacial score (nSPS) is 11.6. The second kappa shape index (κ2) is 5.41. The lowest BCUT2D eigenvalue weighted by molar-refractivity contribution is -0.148. The van der Waals surface area contributed by atoms with E-state index in [1.165, 1.54) is 12.1 Å². The smallest absolute Gasteiger partial charge is 0.336 e.